The minimum Gasteiger partial charge on any atom is -0.465 e. The van der Waals surface area contributed by atoms with Crippen LogP contribution in [-0.2, 0) is 16.0 Å². The van der Waals surface area contributed by atoms with Gasteiger partial charge in [-0.25, -0.2) is 4.79 Å². The van der Waals surface area contributed by atoms with Crippen LogP contribution in [0.25, 0.3) is 6.08 Å². The smallest absolute Gasteiger partial charge is 0.343 e. The summed E-state index contributed by atoms with van der Waals surface area (Å²) in [6.45, 7) is 9.31. The van der Waals surface area contributed by atoms with Crippen molar-refractivity contribution in [2.24, 2.45) is 5.92 Å². The van der Waals surface area contributed by atoms with Gasteiger partial charge in [0.2, 0.25) is 0 Å². The summed E-state index contributed by atoms with van der Waals surface area (Å²) in [4.78, 5) is 23.1. The highest BCUT2D eigenvalue weighted by molar-refractivity contribution is 5.65. The highest BCUT2D eigenvalue weighted by Gasteiger charge is 2.25. The summed E-state index contributed by atoms with van der Waals surface area (Å²) in [7, 11) is 0. The molecule has 2 rings (SSSR count). The Labute approximate surface area is 148 Å². The van der Waals surface area contributed by atoms with Crippen molar-refractivity contribution in [2.75, 3.05) is 6.61 Å². The molecular weight excluding hydrogens is 320 g/mol. The van der Waals surface area contributed by atoms with Crippen LogP contribution in [-0.4, -0.2) is 23.8 Å². The highest BCUT2D eigenvalue weighted by Crippen LogP contribution is 2.33. The second-order valence-electron chi connectivity index (χ2n) is 6.74. The molecule has 0 bridgehead atoms. The minimum absolute atomic E-state index is 0.180. The lowest BCUT2D eigenvalue weighted by Crippen LogP contribution is -2.23. The summed E-state index contributed by atoms with van der Waals surface area (Å²) in [6.07, 6.45) is 3.88. The van der Waals surface area contributed by atoms with Gasteiger partial charge in [0.05, 0.1) is 18.3 Å². The summed E-state index contributed by atoms with van der Waals surface area (Å²) in [5.41, 5.74) is 2.78. The molecule has 1 aliphatic rings. The first-order chi connectivity index (χ1) is 11.8. The van der Waals surface area contributed by atoms with E-state index in [4.69, 9.17) is 9.15 Å². The lowest BCUT2D eigenvalue weighted by molar-refractivity contribution is -0.140. The van der Waals surface area contributed by atoms with E-state index >= 15 is 0 Å². The number of hydrogen-bond donors (Lipinski definition) is 1. The van der Waals surface area contributed by atoms with Crippen molar-refractivity contribution in [3.05, 3.63) is 51.1 Å². The van der Waals surface area contributed by atoms with Gasteiger partial charge in [-0.1, -0.05) is 12.2 Å². The number of hydrogen-bond acceptors (Lipinski definition) is 5. The van der Waals surface area contributed by atoms with E-state index in [1.54, 1.807) is 12.1 Å². The van der Waals surface area contributed by atoms with Crippen LogP contribution in [0.4, 0.5) is 0 Å². The number of esters is 1. The molecule has 1 aromatic heterocycles. The first kappa shape index (κ1) is 19.2. The van der Waals surface area contributed by atoms with Crippen LogP contribution in [0.15, 0.2) is 33.0 Å². The Bertz CT molecular complexity index is 741. The molecule has 0 radical (unpaired) electrons. The predicted octanol–water partition coefficient (Wildman–Crippen LogP) is 3.17. The topological polar surface area (TPSA) is 76.7 Å². The van der Waals surface area contributed by atoms with Gasteiger partial charge in [0, 0.05) is 13.3 Å². The first-order valence-corrected chi connectivity index (χ1v) is 8.58. The van der Waals surface area contributed by atoms with Crippen LogP contribution in [0.5, 0.6) is 0 Å². The van der Waals surface area contributed by atoms with E-state index < -0.39 is 11.7 Å². The van der Waals surface area contributed by atoms with E-state index in [-0.39, 0.29) is 12.6 Å². The van der Waals surface area contributed by atoms with E-state index in [9.17, 15) is 14.7 Å². The summed E-state index contributed by atoms with van der Waals surface area (Å²) < 4.78 is 10.2. The molecule has 5 heteroatoms. The largest absolute Gasteiger partial charge is 0.465 e. The van der Waals surface area contributed by atoms with Gasteiger partial charge in [-0.15, -0.1) is 0 Å². The van der Waals surface area contributed by atoms with Gasteiger partial charge >= 0.3 is 11.6 Å². The van der Waals surface area contributed by atoms with Crippen LogP contribution >= 0.6 is 0 Å². The van der Waals surface area contributed by atoms with E-state index in [2.05, 4.69) is 6.58 Å². The Hall–Kier alpha value is -2.14. The number of aryl methyl sites for hydroxylation is 1. The molecule has 1 aliphatic carbocycles. The van der Waals surface area contributed by atoms with E-state index in [1.165, 1.54) is 6.92 Å². The maximum atomic E-state index is 12.3. The molecule has 0 amide bonds. The lowest BCUT2D eigenvalue weighted by Gasteiger charge is -2.28. The summed E-state index contributed by atoms with van der Waals surface area (Å²) >= 11 is 0. The van der Waals surface area contributed by atoms with Crippen molar-refractivity contribution in [1.82, 2.24) is 0 Å². The molecule has 0 aromatic carbocycles. The molecule has 2 atom stereocenters. The third-order valence-corrected chi connectivity index (χ3v) is 4.64. The van der Waals surface area contributed by atoms with Crippen LogP contribution in [0.2, 0.25) is 0 Å². The zero-order valence-electron chi connectivity index (χ0n) is 15.1. The molecule has 1 N–H and O–H groups in total. The Balaban J connectivity index is 2.16. The monoisotopic (exact) mass is 346 g/mol. The lowest BCUT2D eigenvalue weighted by atomic mass is 9.80. The zero-order valence-corrected chi connectivity index (χ0v) is 15.1. The molecule has 0 spiro atoms. The van der Waals surface area contributed by atoms with Gasteiger partial charge in [0.25, 0.3) is 0 Å². The fourth-order valence-electron chi connectivity index (χ4n) is 3.12. The maximum absolute atomic E-state index is 12.3. The van der Waals surface area contributed by atoms with Crippen LogP contribution in [0, 0.1) is 12.8 Å². The molecule has 1 fully saturated rings. The summed E-state index contributed by atoms with van der Waals surface area (Å²) in [5, 5.41) is 10.4. The molecule has 1 unspecified atom stereocenters. The maximum Gasteiger partial charge on any atom is 0.343 e. The summed E-state index contributed by atoms with van der Waals surface area (Å²) in [6, 6.07) is 1.78. The zero-order chi connectivity index (χ0) is 18.6. The molecule has 136 valence electrons. The fourth-order valence-corrected chi connectivity index (χ4v) is 3.12. The Kier molecular flexibility index (Phi) is 6.37. The van der Waals surface area contributed by atoms with Crippen LogP contribution in [0.3, 0.4) is 0 Å². The number of carbonyl (C=O) groups excluding carboxylic acids is 1. The van der Waals surface area contributed by atoms with Gasteiger partial charge in [-0.3, -0.25) is 4.79 Å². The minimum atomic E-state index is -0.558. The number of ether oxygens (including phenoxy) is 1. The van der Waals surface area contributed by atoms with Crippen molar-refractivity contribution in [2.45, 2.75) is 52.6 Å². The van der Waals surface area contributed by atoms with Gasteiger partial charge in [-0.05, 0) is 62.3 Å². The van der Waals surface area contributed by atoms with Crippen molar-refractivity contribution in [3.63, 3.8) is 0 Å². The normalized spacial score (nSPS) is 22.0. The molecule has 25 heavy (non-hydrogen) atoms. The van der Waals surface area contributed by atoms with E-state index in [0.717, 1.165) is 29.6 Å². The average Bonchev–Trinajstić information content (AvgIpc) is 2.51. The fraction of sp³-hybridized carbons (Fsp3) is 0.500. The summed E-state index contributed by atoms with van der Waals surface area (Å²) in [5.74, 6) is 0.450. The molecule has 1 heterocycles. The molecule has 1 aromatic rings. The quantitative estimate of drug-likeness (QED) is 0.654. The first-order valence-electron chi connectivity index (χ1n) is 8.58. The SMILES string of the molecule is C=C(C)[C@H]1CC/C(=C/c2c(C)cc(CCOC(C)=O)oc2=O)C(O)C1. The second kappa shape index (κ2) is 8.30. The molecular formula is C20H26O5. The number of carbonyl (C=O) groups is 1. The average molecular weight is 346 g/mol. The molecule has 1 saturated carbocycles. The van der Waals surface area contributed by atoms with Crippen molar-refractivity contribution in [3.8, 4) is 0 Å². The predicted molar refractivity (Wildman–Crippen MR) is 96.2 cm³/mol. The molecule has 0 saturated heterocycles. The van der Waals surface area contributed by atoms with Gasteiger partial charge in [-0.2, -0.15) is 0 Å². The van der Waals surface area contributed by atoms with Gasteiger partial charge in [0.15, 0.2) is 0 Å². The number of allylic oxidation sites excluding steroid dienone is 1. The standard InChI is InChI=1S/C20H26O5/c1-12(2)15-5-6-16(19(22)11-15)10-18-13(3)9-17(25-20(18)23)7-8-24-14(4)21/h9-10,15,19,22H,1,5-8,11H2,2-4H3/b16-10-/t15-,19?/m0/s1. The van der Waals surface area contributed by atoms with Crippen LogP contribution in [0.1, 0.15) is 50.0 Å². The third kappa shape index (κ3) is 5.16. The Morgan fingerprint density at radius 3 is 2.76 bits per heavy atom. The van der Waals surface area contributed by atoms with Gasteiger partial charge in [0.1, 0.15) is 5.76 Å². The second-order valence-corrected chi connectivity index (χ2v) is 6.74. The van der Waals surface area contributed by atoms with Crippen molar-refractivity contribution in [1.29, 1.82) is 0 Å². The molecule has 0 aliphatic heterocycles. The molecule has 5 nitrogen and oxygen atoms in total. The number of aliphatic hydroxyl groups excluding tert-OH is 1. The van der Waals surface area contributed by atoms with Gasteiger partial charge < -0.3 is 14.3 Å². The van der Waals surface area contributed by atoms with E-state index in [1.807, 2.05) is 13.8 Å². The van der Waals surface area contributed by atoms with Crippen molar-refractivity contribution < 1.29 is 19.1 Å². The Morgan fingerprint density at radius 2 is 2.20 bits per heavy atom. The Morgan fingerprint density at radius 1 is 1.48 bits per heavy atom. The number of rotatable bonds is 5. The number of aliphatic hydroxyl groups is 1. The van der Waals surface area contributed by atoms with Crippen molar-refractivity contribution >= 4 is 12.0 Å². The van der Waals surface area contributed by atoms with E-state index in [0.29, 0.717) is 30.1 Å². The van der Waals surface area contributed by atoms with Crippen LogP contribution < -0.4 is 5.63 Å². The third-order valence-electron chi connectivity index (χ3n) is 4.64. The highest BCUT2D eigenvalue weighted by atomic mass is 16.5.